The lowest BCUT2D eigenvalue weighted by Gasteiger charge is -2.32. The van der Waals surface area contributed by atoms with E-state index in [1.54, 1.807) is 7.11 Å². The molecule has 2 N–H and O–H groups in total. The molecule has 0 bridgehead atoms. The third kappa shape index (κ3) is 4.78. The van der Waals surface area contributed by atoms with Crippen molar-refractivity contribution in [2.24, 2.45) is 0 Å². The van der Waals surface area contributed by atoms with Crippen LogP contribution >= 0.6 is 0 Å². The lowest BCUT2D eigenvalue weighted by molar-refractivity contribution is 0.0294. The number of nitrogens with zero attached hydrogens (tertiary/aromatic N) is 1. The van der Waals surface area contributed by atoms with Crippen molar-refractivity contribution < 1.29 is 9.84 Å². The Morgan fingerprint density at radius 1 is 1.56 bits per heavy atom. The smallest absolute Gasteiger partial charge is 0.0698 e. The summed E-state index contributed by atoms with van der Waals surface area (Å²) in [4.78, 5) is 2.44. The SMILES string of the molecule is CCNC(CO)CCN1CCCC(OC)C1. The molecule has 1 aliphatic rings. The predicted molar refractivity (Wildman–Crippen MR) is 65.6 cm³/mol. The molecule has 1 aliphatic heterocycles. The van der Waals surface area contributed by atoms with Crippen LogP contribution in [0.1, 0.15) is 26.2 Å². The number of nitrogens with one attached hydrogen (secondary N) is 1. The third-order valence-electron chi connectivity index (χ3n) is 3.30. The Morgan fingerprint density at radius 3 is 3.00 bits per heavy atom. The Labute approximate surface area is 99.0 Å². The molecule has 2 unspecified atom stereocenters. The van der Waals surface area contributed by atoms with Crippen molar-refractivity contribution in [3.8, 4) is 0 Å². The van der Waals surface area contributed by atoms with Crippen molar-refractivity contribution >= 4 is 0 Å². The molecule has 1 rings (SSSR count). The van der Waals surface area contributed by atoms with Gasteiger partial charge in [-0.05, 0) is 38.9 Å². The number of hydrogen-bond donors (Lipinski definition) is 2. The molecular weight excluding hydrogens is 204 g/mol. The molecule has 1 saturated heterocycles. The molecule has 0 aliphatic carbocycles. The molecule has 0 aromatic rings. The van der Waals surface area contributed by atoms with Gasteiger partial charge in [0.25, 0.3) is 0 Å². The highest BCUT2D eigenvalue weighted by Gasteiger charge is 2.19. The van der Waals surface area contributed by atoms with E-state index in [0.717, 1.165) is 26.1 Å². The van der Waals surface area contributed by atoms with Gasteiger partial charge in [0, 0.05) is 19.7 Å². The van der Waals surface area contributed by atoms with Crippen LogP contribution in [0.5, 0.6) is 0 Å². The Hall–Kier alpha value is -0.160. The number of hydrogen-bond acceptors (Lipinski definition) is 4. The van der Waals surface area contributed by atoms with Crippen LogP contribution < -0.4 is 5.32 Å². The quantitative estimate of drug-likeness (QED) is 0.667. The van der Waals surface area contributed by atoms with Crippen LogP contribution in [-0.2, 0) is 4.74 Å². The van der Waals surface area contributed by atoms with Gasteiger partial charge in [0.1, 0.15) is 0 Å². The summed E-state index contributed by atoms with van der Waals surface area (Å²) in [5.41, 5.74) is 0. The van der Waals surface area contributed by atoms with Crippen molar-refractivity contribution in [1.29, 1.82) is 0 Å². The Bertz CT molecular complexity index is 178. The van der Waals surface area contributed by atoms with Crippen molar-refractivity contribution in [3.05, 3.63) is 0 Å². The number of piperidine rings is 1. The summed E-state index contributed by atoms with van der Waals surface area (Å²) in [5.74, 6) is 0. The molecule has 2 atom stereocenters. The number of rotatable bonds is 7. The predicted octanol–water partition coefficient (Wildman–Crippen LogP) is 0.458. The fraction of sp³-hybridized carbons (Fsp3) is 1.00. The second-order valence-corrected chi connectivity index (χ2v) is 4.53. The normalized spacial score (nSPS) is 24.6. The molecule has 96 valence electrons. The van der Waals surface area contributed by atoms with Crippen LogP contribution in [0.4, 0.5) is 0 Å². The van der Waals surface area contributed by atoms with Gasteiger partial charge in [0.2, 0.25) is 0 Å². The van der Waals surface area contributed by atoms with E-state index in [9.17, 15) is 5.11 Å². The molecule has 0 aromatic carbocycles. The summed E-state index contributed by atoms with van der Waals surface area (Å²) in [6.07, 6.45) is 3.83. The van der Waals surface area contributed by atoms with E-state index >= 15 is 0 Å². The lowest BCUT2D eigenvalue weighted by Crippen LogP contribution is -2.42. The summed E-state index contributed by atoms with van der Waals surface area (Å²) in [6, 6.07) is 0.243. The van der Waals surface area contributed by atoms with E-state index in [4.69, 9.17) is 4.74 Å². The molecule has 0 spiro atoms. The van der Waals surface area contributed by atoms with E-state index in [-0.39, 0.29) is 12.6 Å². The highest BCUT2D eigenvalue weighted by atomic mass is 16.5. The first-order valence-corrected chi connectivity index (χ1v) is 6.39. The maximum absolute atomic E-state index is 9.18. The second kappa shape index (κ2) is 8.01. The average Bonchev–Trinajstić information content (AvgIpc) is 2.34. The van der Waals surface area contributed by atoms with Gasteiger partial charge in [-0.25, -0.2) is 0 Å². The van der Waals surface area contributed by atoms with E-state index < -0.39 is 0 Å². The molecule has 0 amide bonds. The van der Waals surface area contributed by atoms with Crippen LogP contribution in [0.2, 0.25) is 0 Å². The minimum absolute atomic E-state index is 0.232. The minimum atomic E-state index is 0.232. The molecular formula is C12H26N2O2. The zero-order valence-corrected chi connectivity index (χ0v) is 10.6. The Morgan fingerprint density at radius 2 is 2.38 bits per heavy atom. The first-order valence-electron chi connectivity index (χ1n) is 6.39. The molecule has 0 aromatic heterocycles. The van der Waals surface area contributed by atoms with Crippen LogP contribution in [0, 0.1) is 0 Å². The largest absolute Gasteiger partial charge is 0.395 e. The topological polar surface area (TPSA) is 44.7 Å². The molecule has 16 heavy (non-hydrogen) atoms. The number of likely N-dealkylation sites (tertiary alicyclic amines) is 1. The fourth-order valence-electron chi connectivity index (χ4n) is 2.29. The van der Waals surface area contributed by atoms with Gasteiger partial charge < -0.3 is 20.1 Å². The average molecular weight is 230 g/mol. The van der Waals surface area contributed by atoms with Gasteiger partial charge in [0.05, 0.1) is 12.7 Å². The Kier molecular flexibility index (Phi) is 6.96. The van der Waals surface area contributed by atoms with Crippen LogP contribution in [0.15, 0.2) is 0 Å². The maximum Gasteiger partial charge on any atom is 0.0698 e. The number of likely N-dealkylation sites (N-methyl/N-ethyl adjacent to an activating group) is 1. The molecule has 1 heterocycles. The molecule has 0 saturated carbocycles. The van der Waals surface area contributed by atoms with Crippen molar-refractivity contribution in [2.45, 2.75) is 38.3 Å². The molecule has 0 radical (unpaired) electrons. The number of aliphatic hydroxyl groups excluding tert-OH is 1. The van der Waals surface area contributed by atoms with Gasteiger partial charge in [-0.2, -0.15) is 0 Å². The zero-order chi connectivity index (χ0) is 11.8. The lowest BCUT2D eigenvalue weighted by atomic mass is 10.1. The first-order chi connectivity index (χ1) is 7.80. The van der Waals surface area contributed by atoms with Gasteiger partial charge >= 0.3 is 0 Å². The first kappa shape index (κ1) is 13.9. The summed E-state index contributed by atoms with van der Waals surface area (Å²) in [5, 5.41) is 12.5. The van der Waals surface area contributed by atoms with Gasteiger partial charge in [-0.15, -0.1) is 0 Å². The summed E-state index contributed by atoms with van der Waals surface area (Å²) in [7, 11) is 1.79. The summed E-state index contributed by atoms with van der Waals surface area (Å²) < 4.78 is 5.40. The highest BCUT2D eigenvalue weighted by Crippen LogP contribution is 2.12. The summed E-state index contributed by atoms with van der Waals surface area (Å²) in [6.45, 7) is 6.49. The van der Waals surface area contributed by atoms with E-state index in [1.165, 1.54) is 19.4 Å². The monoisotopic (exact) mass is 230 g/mol. The Balaban J connectivity index is 2.20. The second-order valence-electron chi connectivity index (χ2n) is 4.53. The standard InChI is InChI=1S/C12H26N2O2/c1-3-13-11(10-15)6-8-14-7-4-5-12(9-14)16-2/h11-13,15H,3-10H2,1-2H3. The molecule has 4 nitrogen and oxygen atoms in total. The van der Waals surface area contributed by atoms with E-state index in [1.807, 2.05) is 0 Å². The number of aliphatic hydroxyl groups is 1. The number of ether oxygens (including phenoxy) is 1. The molecule has 1 fully saturated rings. The van der Waals surface area contributed by atoms with E-state index in [2.05, 4.69) is 17.1 Å². The van der Waals surface area contributed by atoms with Crippen LogP contribution in [0.25, 0.3) is 0 Å². The number of methoxy groups -OCH3 is 1. The van der Waals surface area contributed by atoms with Gasteiger partial charge in [0.15, 0.2) is 0 Å². The van der Waals surface area contributed by atoms with Gasteiger partial charge in [-0.3, -0.25) is 0 Å². The molecule has 4 heteroatoms. The van der Waals surface area contributed by atoms with Gasteiger partial charge in [-0.1, -0.05) is 6.92 Å². The zero-order valence-electron chi connectivity index (χ0n) is 10.6. The highest BCUT2D eigenvalue weighted by molar-refractivity contribution is 4.75. The summed E-state index contributed by atoms with van der Waals surface area (Å²) >= 11 is 0. The van der Waals surface area contributed by atoms with E-state index in [0.29, 0.717) is 6.10 Å². The fourth-order valence-corrected chi connectivity index (χ4v) is 2.29. The van der Waals surface area contributed by atoms with Crippen LogP contribution in [-0.4, -0.2) is 62.0 Å². The van der Waals surface area contributed by atoms with Crippen molar-refractivity contribution in [1.82, 2.24) is 10.2 Å². The maximum atomic E-state index is 9.18. The third-order valence-corrected chi connectivity index (χ3v) is 3.30. The van der Waals surface area contributed by atoms with Crippen LogP contribution in [0.3, 0.4) is 0 Å². The van der Waals surface area contributed by atoms with Crippen molar-refractivity contribution in [3.63, 3.8) is 0 Å². The van der Waals surface area contributed by atoms with Crippen molar-refractivity contribution in [2.75, 3.05) is 39.9 Å². The minimum Gasteiger partial charge on any atom is -0.395 e.